The van der Waals surface area contributed by atoms with Gasteiger partial charge in [0.2, 0.25) is 5.91 Å². The Morgan fingerprint density at radius 1 is 1.11 bits per heavy atom. The minimum absolute atomic E-state index is 0.0116. The van der Waals surface area contributed by atoms with Gasteiger partial charge in [0.1, 0.15) is 6.17 Å². The van der Waals surface area contributed by atoms with Crippen LogP contribution in [0.1, 0.15) is 50.2 Å². The highest BCUT2D eigenvalue weighted by atomic mass is 16.5. The van der Waals surface area contributed by atoms with Gasteiger partial charge in [-0.25, -0.2) is 0 Å². The van der Waals surface area contributed by atoms with Crippen LogP contribution in [0.4, 0.5) is 5.69 Å². The number of rotatable bonds is 12. The molecule has 1 amide bonds. The molecule has 2 aliphatic rings. The molecule has 1 unspecified atom stereocenters. The number of anilines is 1. The lowest BCUT2D eigenvalue weighted by molar-refractivity contribution is -0.143. The van der Waals surface area contributed by atoms with E-state index in [1.807, 2.05) is 53.4 Å². The van der Waals surface area contributed by atoms with Gasteiger partial charge in [-0.15, -0.1) is 5.11 Å². The van der Waals surface area contributed by atoms with Crippen molar-refractivity contribution in [2.75, 3.05) is 31.6 Å². The molecule has 9 heteroatoms. The van der Waals surface area contributed by atoms with E-state index in [0.29, 0.717) is 44.2 Å². The first-order chi connectivity index (χ1) is 18.5. The summed E-state index contributed by atoms with van der Waals surface area (Å²) in [5, 5.41) is 11.0. The normalized spacial score (nSPS) is 16.8. The summed E-state index contributed by atoms with van der Waals surface area (Å²) in [6.45, 7) is 4.43. The van der Waals surface area contributed by atoms with Crippen LogP contribution in [-0.2, 0) is 20.7 Å². The summed E-state index contributed by atoms with van der Waals surface area (Å²) < 4.78 is 5.35. The SMILES string of the molecule is CCCN(CCCN)C(=O)C1=Cc2ccc(-c3ccc(CC(=O)OCC4CC4)cc3)cc2NC(N=NN)C1. The van der Waals surface area contributed by atoms with Crippen LogP contribution in [0, 0.1) is 5.92 Å². The van der Waals surface area contributed by atoms with Gasteiger partial charge in [-0.1, -0.05) is 48.5 Å². The van der Waals surface area contributed by atoms with Crippen LogP contribution in [0.25, 0.3) is 17.2 Å². The molecule has 1 saturated carbocycles. The van der Waals surface area contributed by atoms with Crippen molar-refractivity contribution in [3.63, 3.8) is 0 Å². The molecule has 1 heterocycles. The average molecular weight is 519 g/mol. The molecule has 0 spiro atoms. The Labute approximate surface area is 224 Å². The van der Waals surface area contributed by atoms with Crippen LogP contribution < -0.4 is 16.9 Å². The zero-order valence-corrected chi connectivity index (χ0v) is 22.1. The molecule has 0 radical (unpaired) electrons. The predicted molar refractivity (Wildman–Crippen MR) is 149 cm³/mol. The van der Waals surface area contributed by atoms with Crippen LogP contribution in [0.3, 0.4) is 0 Å². The van der Waals surface area contributed by atoms with Gasteiger partial charge in [0.15, 0.2) is 0 Å². The zero-order valence-electron chi connectivity index (χ0n) is 22.1. The third-order valence-corrected chi connectivity index (χ3v) is 6.82. The molecule has 38 heavy (non-hydrogen) atoms. The van der Waals surface area contributed by atoms with Gasteiger partial charge < -0.3 is 26.5 Å². The standard InChI is InChI=1S/C29H38N6O3/c1-2-13-35(14-3-12-30)29(37)25-16-24-11-10-23(17-26(24)32-27(18-25)33-34-31)22-8-6-20(7-9-22)15-28(36)38-19-21-4-5-21/h6-11,16-17,21,27,32H,2-5,12-15,18-19,30H2,1H3,(H2,31,33). The first-order valence-corrected chi connectivity index (χ1v) is 13.5. The van der Waals surface area contributed by atoms with Crippen LogP contribution in [0.5, 0.6) is 0 Å². The van der Waals surface area contributed by atoms with Crippen molar-refractivity contribution >= 4 is 23.6 Å². The van der Waals surface area contributed by atoms with E-state index in [1.165, 1.54) is 0 Å². The Bertz CT molecular complexity index is 1170. The molecule has 9 nitrogen and oxygen atoms in total. The van der Waals surface area contributed by atoms with Gasteiger partial charge in [0.05, 0.1) is 13.0 Å². The molecule has 202 valence electrons. The highest BCUT2D eigenvalue weighted by Gasteiger charge is 2.25. The Balaban J connectivity index is 1.53. The second-order valence-corrected chi connectivity index (χ2v) is 10.0. The third kappa shape index (κ3) is 7.41. The van der Waals surface area contributed by atoms with Crippen molar-refractivity contribution < 1.29 is 14.3 Å². The molecule has 1 aliphatic carbocycles. The van der Waals surface area contributed by atoms with Gasteiger partial charge in [-0.3, -0.25) is 9.59 Å². The van der Waals surface area contributed by atoms with Crippen molar-refractivity contribution in [2.24, 2.45) is 27.8 Å². The second-order valence-electron chi connectivity index (χ2n) is 10.0. The van der Waals surface area contributed by atoms with Crippen molar-refractivity contribution in [1.29, 1.82) is 0 Å². The first kappa shape index (κ1) is 27.3. The summed E-state index contributed by atoms with van der Waals surface area (Å²) in [6, 6.07) is 14.0. The lowest BCUT2D eigenvalue weighted by Gasteiger charge is -2.23. The fourth-order valence-corrected chi connectivity index (χ4v) is 4.57. The zero-order chi connectivity index (χ0) is 26.9. The minimum atomic E-state index is -0.464. The van der Waals surface area contributed by atoms with E-state index in [9.17, 15) is 9.59 Å². The highest BCUT2D eigenvalue weighted by molar-refractivity contribution is 5.99. The van der Waals surface area contributed by atoms with Crippen LogP contribution in [0.15, 0.2) is 58.4 Å². The number of nitrogens with one attached hydrogen (secondary N) is 1. The van der Waals surface area contributed by atoms with Crippen molar-refractivity contribution in [1.82, 2.24) is 4.90 Å². The van der Waals surface area contributed by atoms with Gasteiger partial charge in [0.25, 0.3) is 0 Å². The first-order valence-electron chi connectivity index (χ1n) is 13.5. The number of carbonyl (C=O) groups is 2. The van der Waals surface area contributed by atoms with E-state index >= 15 is 0 Å². The number of nitrogens with two attached hydrogens (primary N) is 2. The molecular formula is C29H38N6O3. The molecule has 4 rings (SSSR count). The number of carbonyl (C=O) groups excluding carboxylic acids is 2. The van der Waals surface area contributed by atoms with E-state index in [4.69, 9.17) is 16.3 Å². The monoisotopic (exact) mass is 518 g/mol. The maximum absolute atomic E-state index is 13.4. The maximum atomic E-state index is 13.4. The largest absolute Gasteiger partial charge is 0.465 e. The van der Waals surface area contributed by atoms with Crippen molar-refractivity contribution in [3.8, 4) is 11.1 Å². The number of ether oxygens (including phenoxy) is 1. The van der Waals surface area contributed by atoms with Crippen molar-refractivity contribution in [2.45, 2.75) is 51.6 Å². The molecule has 1 fully saturated rings. The fraction of sp³-hybridized carbons (Fsp3) is 0.448. The average Bonchev–Trinajstić information content (AvgIpc) is 3.76. The van der Waals surface area contributed by atoms with E-state index in [0.717, 1.165) is 53.6 Å². The molecule has 2 aromatic rings. The Kier molecular flexibility index (Phi) is 9.48. The summed E-state index contributed by atoms with van der Waals surface area (Å²) in [7, 11) is 0. The van der Waals surface area contributed by atoms with Gasteiger partial charge >= 0.3 is 5.97 Å². The Hall–Kier alpha value is -3.72. The quantitative estimate of drug-likeness (QED) is 0.166. The van der Waals surface area contributed by atoms with E-state index in [-0.39, 0.29) is 18.3 Å². The van der Waals surface area contributed by atoms with Crippen molar-refractivity contribution in [3.05, 3.63) is 59.2 Å². The Morgan fingerprint density at radius 3 is 2.55 bits per heavy atom. The smallest absolute Gasteiger partial charge is 0.310 e. The molecule has 5 N–H and O–H groups in total. The summed E-state index contributed by atoms with van der Waals surface area (Å²) in [4.78, 5) is 27.4. The summed E-state index contributed by atoms with van der Waals surface area (Å²) in [5.74, 6) is 5.75. The second kappa shape index (κ2) is 13.2. The molecule has 0 bridgehead atoms. The summed E-state index contributed by atoms with van der Waals surface area (Å²) in [5.41, 5.74) is 11.0. The number of hydrogen-bond acceptors (Lipinski definition) is 7. The van der Waals surface area contributed by atoms with Gasteiger partial charge in [-0.2, -0.15) is 0 Å². The molecule has 2 aromatic carbocycles. The number of benzene rings is 2. The highest BCUT2D eigenvalue weighted by Crippen LogP contribution is 2.32. The van der Waals surface area contributed by atoms with Gasteiger partial charge in [0, 0.05) is 30.8 Å². The van der Waals surface area contributed by atoms with Crippen LogP contribution in [0.2, 0.25) is 0 Å². The molecule has 0 aromatic heterocycles. The van der Waals surface area contributed by atoms with Crippen LogP contribution in [-0.4, -0.2) is 49.2 Å². The third-order valence-electron chi connectivity index (χ3n) is 6.82. The minimum Gasteiger partial charge on any atom is -0.465 e. The number of amides is 1. The predicted octanol–water partition coefficient (Wildman–Crippen LogP) is 4.29. The molecule has 1 aliphatic heterocycles. The molecular weight excluding hydrogens is 480 g/mol. The van der Waals surface area contributed by atoms with E-state index in [1.54, 1.807) is 0 Å². The lowest BCUT2D eigenvalue weighted by Crippen LogP contribution is -2.35. The fourth-order valence-electron chi connectivity index (χ4n) is 4.57. The molecule has 0 saturated heterocycles. The van der Waals surface area contributed by atoms with Crippen LogP contribution >= 0.6 is 0 Å². The number of fused-ring (bicyclic) bond motifs is 1. The maximum Gasteiger partial charge on any atom is 0.310 e. The summed E-state index contributed by atoms with van der Waals surface area (Å²) >= 11 is 0. The van der Waals surface area contributed by atoms with Gasteiger partial charge in [-0.05, 0) is 72.5 Å². The number of esters is 1. The van der Waals surface area contributed by atoms with E-state index < -0.39 is 6.17 Å². The Morgan fingerprint density at radius 2 is 1.87 bits per heavy atom. The van der Waals surface area contributed by atoms with E-state index in [2.05, 4.69) is 22.6 Å². The lowest BCUT2D eigenvalue weighted by atomic mass is 9.99. The molecule has 1 atom stereocenters. The summed E-state index contributed by atoms with van der Waals surface area (Å²) in [6.07, 6.45) is 6.05. The topological polar surface area (TPSA) is 135 Å². The number of nitrogens with zero attached hydrogens (tertiary/aromatic N) is 3. The number of hydrogen-bond donors (Lipinski definition) is 3.